The van der Waals surface area contributed by atoms with E-state index >= 15 is 0 Å². The van der Waals surface area contributed by atoms with Gasteiger partial charge in [0.1, 0.15) is 0 Å². The number of guanidine groups is 1. The van der Waals surface area contributed by atoms with E-state index in [1.807, 2.05) is 0 Å². The van der Waals surface area contributed by atoms with Gasteiger partial charge in [0, 0.05) is 32.6 Å². The molecular formula is C18H29IN4O3S. The third-order valence-corrected chi connectivity index (χ3v) is 6.18. The molecule has 0 spiro atoms. The van der Waals surface area contributed by atoms with Crippen molar-refractivity contribution in [2.45, 2.75) is 39.3 Å². The summed E-state index contributed by atoms with van der Waals surface area (Å²) in [5.74, 6) is 0.682. The predicted octanol–water partition coefficient (Wildman–Crippen LogP) is 1.28. The van der Waals surface area contributed by atoms with E-state index in [0.29, 0.717) is 25.5 Å². The second kappa shape index (κ2) is 10.8. The first-order chi connectivity index (χ1) is 12.3. The molecule has 1 aliphatic rings. The van der Waals surface area contributed by atoms with Crippen LogP contribution in [0.25, 0.3) is 0 Å². The molecule has 1 aromatic carbocycles. The summed E-state index contributed by atoms with van der Waals surface area (Å²) in [4.78, 5) is 16.1. The van der Waals surface area contributed by atoms with Crippen molar-refractivity contribution in [1.82, 2.24) is 16.0 Å². The Morgan fingerprint density at radius 2 is 2.00 bits per heavy atom. The van der Waals surface area contributed by atoms with Crippen LogP contribution in [0, 0.1) is 13.8 Å². The maximum Gasteiger partial charge on any atom is 0.222 e. The molecule has 0 radical (unpaired) electrons. The molecule has 1 heterocycles. The highest BCUT2D eigenvalue weighted by atomic mass is 127. The highest BCUT2D eigenvalue weighted by Crippen LogP contribution is 2.11. The average molecular weight is 508 g/mol. The Morgan fingerprint density at radius 3 is 2.59 bits per heavy atom. The maximum absolute atomic E-state index is 11.9. The van der Waals surface area contributed by atoms with Crippen LogP contribution in [0.3, 0.4) is 0 Å². The van der Waals surface area contributed by atoms with E-state index in [2.05, 4.69) is 53.0 Å². The molecule has 1 saturated heterocycles. The van der Waals surface area contributed by atoms with Crippen LogP contribution in [0.15, 0.2) is 23.2 Å². The summed E-state index contributed by atoms with van der Waals surface area (Å²) < 4.78 is 22.8. The first-order valence-electron chi connectivity index (χ1n) is 8.79. The Balaban J connectivity index is 0.00000364. The van der Waals surface area contributed by atoms with Gasteiger partial charge in [0.05, 0.1) is 11.5 Å². The lowest BCUT2D eigenvalue weighted by Crippen LogP contribution is -2.41. The fourth-order valence-electron chi connectivity index (χ4n) is 2.95. The van der Waals surface area contributed by atoms with Gasteiger partial charge in [0.2, 0.25) is 5.91 Å². The van der Waals surface area contributed by atoms with E-state index in [0.717, 1.165) is 0 Å². The molecular weight excluding hydrogens is 479 g/mol. The Labute approximate surface area is 178 Å². The van der Waals surface area contributed by atoms with Gasteiger partial charge < -0.3 is 16.0 Å². The summed E-state index contributed by atoms with van der Waals surface area (Å²) in [7, 11) is -1.30. The zero-order valence-corrected chi connectivity index (χ0v) is 19.2. The maximum atomic E-state index is 11.9. The van der Waals surface area contributed by atoms with Gasteiger partial charge in [-0.25, -0.2) is 8.42 Å². The highest BCUT2D eigenvalue weighted by molar-refractivity contribution is 14.0. The van der Waals surface area contributed by atoms with Crippen LogP contribution < -0.4 is 16.0 Å². The molecule has 1 unspecified atom stereocenters. The molecule has 1 amide bonds. The lowest BCUT2D eigenvalue weighted by molar-refractivity contribution is -0.121. The Morgan fingerprint density at radius 1 is 1.26 bits per heavy atom. The number of halogens is 1. The number of hydrogen-bond acceptors (Lipinski definition) is 4. The van der Waals surface area contributed by atoms with E-state index in [1.165, 1.54) is 16.7 Å². The molecule has 7 nitrogen and oxygen atoms in total. The topological polar surface area (TPSA) is 99.7 Å². The molecule has 0 aromatic heterocycles. The molecule has 1 aliphatic heterocycles. The van der Waals surface area contributed by atoms with Gasteiger partial charge in [-0.1, -0.05) is 23.8 Å². The molecule has 1 atom stereocenters. The highest BCUT2D eigenvalue weighted by Gasteiger charge is 2.28. The smallest absolute Gasteiger partial charge is 0.222 e. The summed E-state index contributed by atoms with van der Waals surface area (Å²) >= 11 is 0. The van der Waals surface area contributed by atoms with Crippen LogP contribution in [0.4, 0.5) is 0 Å². The quantitative estimate of drug-likeness (QED) is 0.306. The molecule has 0 bridgehead atoms. The monoisotopic (exact) mass is 508 g/mol. The third kappa shape index (κ3) is 8.04. The number of aryl methyl sites for hydroxylation is 2. The van der Waals surface area contributed by atoms with Gasteiger partial charge >= 0.3 is 0 Å². The second-order valence-corrected chi connectivity index (χ2v) is 8.93. The van der Waals surface area contributed by atoms with Crippen LogP contribution in [0.1, 0.15) is 29.5 Å². The molecule has 1 aromatic rings. The molecule has 152 valence electrons. The largest absolute Gasteiger partial charge is 0.356 e. The third-order valence-electron chi connectivity index (χ3n) is 4.41. The van der Waals surface area contributed by atoms with Crippen molar-refractivity contribution in [3.63, 3.8) is 0 Å². The number of rotatable bonds is 6. The minimum absolute atomic E-state index is 0. The predicted molar refractivity (Wildman–Crippen MR) is 119 cm³/mol. The minimum Gasteiger partial charge on any atom is -0.356 e. The van der Waals surface area contributed by atoms with E-state index in [-0.39, 0.29) is 53.9 Å². The summed E-state index contributed by atoms with van der Waals surface area (Å²) in [6.07, 6.45) is 0.765. The molecule has 3 N–H and O–H groups in total. The van der Waals surface area contributed by atoms with E-state index in [9.17, 15) is 13.2 Å². The molecule has 0 aliphatic carbocycles. The average Bonchev–Trinajstić information content (AvgIpc) is 2.90. The Kier molecular flexibility index (Phi) is 9.51. The van der Waals surface area contributed by atoms with Crippen LogP contribution in [-0.2, 0) is 21.2 Å². The number of benzene rings is 1. The summed E-state index contributed by atoms with van der Waals surface area (Å²) in [5.41, 5.74) is 3.65. The minimum atomic E-state index is -2.98. The molecule has 0 saturated carbocycles. The summed E-state index contributed by atoms with van der Waals surface area (Å²) in [6.45, 7) is 5.22. The van der Waals surface area contributed by atoms with Crippen LogP contribution in [-0.4, -0.2) is 51.4 Å². The van der Waals surface area contributed by atoms with Crippen LogP contribution >= 0.6 is 24.0 Å². The first kappa shape index (κ1) is 23.7. The first-order valence-corrected chi connectivity index (χ1v) is 10.6. The number of hydrogen-bond donors (Lipinski definition) is 3. The van der Waals surface area contributed by atoms with Crippen LogP contribution in [0.5, 0.6) is 0 Å². The number of amides is 1. The lowest BCUT2D eigenvalue weighted by Gasteiger charge is -2.14. The Bertz CT molecular complexity index is 781. The standard InChI is InChI=1S/C18H28N4O3S.HI/c1-13-4-5-15(14(2)10-13)11-21-18(19-3)20-8-6-17(23)22-16-7-9-26(24,25)12-16;/h4-5,10,16H,6-9,11-12H2,1-3H3,(H,22,23)(H2,19,20,21);1H. The summed E-state index contributed by atoms with van der Waals surface area (Å²) in [5, 5.41) is 9.11. The zero-order valence-electron chi connectivity index (χ0n) is 16.0. The molecule has 27 heavy (non-hydrogen) atoms. The van der Waals surface area contributed by atoms with Crippen molar-refractivity contribution in [1.29, 1.82) is 0 Å². The van der Waals surface area contributed by atoms with Crippen molar-refractivity contribution in [2.24, 2.45) is 4.99 Å². The van der Waals surface area contributed by atoms with Crippen molar-refractivity contribution < 1.29 is 13.2 Å². The van der Waals surface area contributed by atoms with E-state index < -0.39 is 9.84 Å². The normalized spacial score (nSPS) is 18.5. The van der Waals surface area contributed by atoms with Gasteiger partial charge in [-0.05, 0) is 31.4 Å². The molecule has 2 rings (SSSR count). The van der Waals surface area contributed by atoms with Crippen LogP contribution in [0.2, 0.25) is 0 Å². The zero-order chi connectivity index (χ0) is 19.2. The fraction of sp³-hybridized carbons (Fsp3) is 0.556. The Hall–Kier alpha value is -1.36. The van der Waals surface area contributed by atoms with Gasteiger partial charge in [-0.15, -0.1) is 24.0 Å². The number of sulfone groups is 1. The summed E-state index contributed by atoms with van der Waals surface area (Å²) in [6, 6.07) is 6.05. The lowest BCUT2D eigenvalue weighted by atomic mass is 10.1. The second-order valence-electron chi connectivity index (χ2n) is 6.70. The fourth-order valence-corrected chi connectivity index (χ4v) is 4.62. The number of nitrogens with zero attached hydrogens (tertiary/aromatic N) is 1. The van der Waals surface area contributed by atoms with E-state index in [4.69, 9.17) is 0 Å². The number of aliphatic imine (C=N–C) groups is 1. The van der Waals surface area contributed by atoms with Crippen molar-refractivity contribution in [2.75, 3.05) is 25.1 Å². The molecule has 9 heteroatoms. The van der Waals surface area contributed by atoms with Gasteiger partial charge in [-0.3, -0.25) is 9.79 Å². The molecule has 1 fully saturated rings. The van der Waals surface area contributed by atoms with E-state index in [1.54, 1.807) is 7.05 Å². The SMILES string of the molecule is CN=C(NCCC(=O)NC1CCS(=O)(=O)C1)NCc1ccc(C)cc1C.I. The van der Waals surface area contributed by atoms with Crippen molar-refractivity contribution in [3.8, 4) is 0 Å². The van der Waals surface area contributed by atoms with Crippen molar-refractivity contribution in [3.05, 3.63) is 34.9 Å². The number of carbonyl (C=O) groups excluding carboxylic acids is 1. The van der Waals surface area contributed by atoms with Gasteiger partial charge in [-0.2, -0.15) is 0 Å². The van der Waals surface area contributed by atoms with Gasteiger partial charge in [0.15, 0.2) is 15.8 Å². The van der Waals surface area contributed by atoms with Crippen molar-refractivity contribution >= 4 is 45.7 Å². The number of nitrogens with one attached hydrogen (secondary N) is 3. The number of carbonyl (C=O) groups is 1. The van der Waals surface area contributed by atoms with Gasteiger partial charge in [0.25, 0.3) is 0 Å².